The summed E-state index contributed by atoms with van der Waals surface area (Å²) in [6, 6.07) is 49.7. The van der Waals surface area contributed by atoms with Gasteiger partial charge in [-0.1, -0.05) is 243 Å². The SMILES string of the molecule is CC(C)(C)c1ccc(C(O)(c2ccc(OCCCCCCCCCCOc3ccc(C(O)(c4ccc(C(C)(C)C)cc4)c4ccc(C(C)(C)C)cc4)cc3)cc2)c2ccc(C(C)(C)C)cc2)cc1. The predicted octanol–water partition coefficient (Wildman–Crippen LogP) is 16.0. The maximum atomic E-state index is 12.6. The molecule has 0 atom stereocenters. The smallest absolute Gasteiger partial charge is 0.140 e. The highest BCUT2D eigenvalue weighted by molar-refractivity contribution is 5.51. The van der Waals surface area contributed by atoms with Gasteiger partial charge in [-0.3, -0.25) is 0 Å². The summed E-state index contributed by atoms with van der Waals surface area (Å²) in [5, 5.41) is 25.2. The fourth-order valence-electron chi connectivity index (χ4n) is 9.08. The lowest BCUT2D eigenvalue weighted by Crippen LogP contribution is -2.29. The van der Waals surface area contributed by atoms with Crippen molar-refractivity contribution in [1.29, 1.82) is 0 Å². The molecule has 0 fully saturated rings. The second-order valence-electron chi connectivity index (χ2n) is 23.3. The van der Waals surface area contributed by atoms with Gasteiger partial charge in [0.25, 0.3) is 0 Å². The summed E-state index contributed by atoms with van der Waals surface area (Å²) < 4.78 is 12.4. The van der Waals surface area contributed by atoms with Crippen molar-refractivity contribution < 1.29 is 19.7 Å². The van der Waals surface area contributed by atoms with Crippen LogP contribution >= 0.6 is 0 Å². The number of unbranched alkanes of at least 4 members (excludes halogenated alkanes) is 7. The van der Waals surface area contributed by atoms with Crippen molar-refractivity contribution in [3.05, 3.63) is 201 Å². The molecule has 0 saturated heterocycles. The third-order valence-corrected chi connectivity index (χ3v) is 13.8. The minimum absolute atomic E-state index is 0.0257. The van der Waals surface area contributed by atoms with Crippen LogP contribution < -0.4 is 9.47 Å². The van der Waals surface area contributed by atoms with Crippen molar-refractivity contribution in [2.24, 2.45) is 0 Å². The van der Waals surface area contributed by atoms with Crippen molar-refractivity contribution >= 4 is 0 Å². The van der Waals surface area contributed by atoms with Crippen molar-refractivity contribution in [1.82, 2.24) is 0 Å². The Morgan fingerprint density at radius 1 is 0.250 bits per heavy atom. The Kier molecular flexibility index (Phi) is 16.6. The van der Waals surface area contributed by atoms with E-state index in [2.05, 4.69) is 180 Å². The van der Waals surface area contributed by atoms with Crippen molar-refractivity contribution in [2.75, 3.05) is 13.2 Å². The quantitative estimate of drug-likeness (QED) is 0.0628. The number of aliphatic hydroxyl groups is 2. The van der Waals surface area contributed by atoms with Gasteiger partial charge in [0, 0.05) is 0 Å². The highest BCUT2D eigenvalue weighted by Crippen LogP contribution is 2.41. The summed E-state index contributed by atoms with van der Waals surface area (Å²) in [5.74, 6) is 1.65. The van der Waals surface area contributed by atoms with E-state index in [9.17, 15) is 10.2 Å². The van der Waals surface area contributed by atoms with E-state index < -0.39 is 11.2 Å². The molecule has 4 nitrogen and oxygen atoms in total. The Morgan fingerprint density at radius 3 is 0.603 bits per heavy atom. The van der Waals surface area contributed by atoms with Crippen LogP contribution in [0.25, 0.3) is 0 Å². The first-order valence-corrected chi connectivity index (χ1v) is 25.4. The molecule has 0 aromatic heterocycles. The molecule has 0 amide bonds. The summed E-state index contributed by atoms with van der Waals surface area (Å²) in [5.41, 5.74) is 7.47. The third-order valence-electron chi connectivity index (χ3n) is 13.8. The summed E-state index contributed by atoms with van der Waals surface area (Å²) >= 11 is 0. The van der Waals surface area contributed by atoms with E-state index in [0.29, 0.717) is 13.2 Å². The summed E-state index contributed by atoms with van der Waals surface area (Å²) in [6.07, 6.45) is 9.18. The highest BCUT2D eigenvalue weighted by Gasteiger charge is 2.36. The first-order valence-electron chi connectivity index (χ1n) is 25.4. The first-order chi connectivity index (χ1) is 32.0. The standard InChI is InChI=1S/C64H82O4/c1-59(2,3)47-21-29-51(30-22-47)63(65,52-31-23-48(24-32-52)60(4,5)6)55-37-41-57(42-38-55)67-45-19-17-15-13-14-16-18-20-46-68-58-43-39-56(40-44-58)64(66,53-33-25-49(26-34-53)61(7,8)9)54-35-27-50(28-36-54)62(10,11)12/h21-44,65-66H,13-20,45-46H2,1-12H3. The molecule has 0 aliphatic rings. The van der Waals surface area contributed by atoms with E-state index >= 15 is 0 Å². The number of benzene rings is 6. The largest absolute Gasteiger partial charge is 0.494 e. The van der Waals surface area contributed by atoms with Gasteiger partial charge in [0.15, 0.2) is 0 Å². The lowest BCUT2D eigenvalue weighted by Gasteiger charge is -2.32. The maximum absolute atomic E-state index is 12.6. The van der Waals surface area contributed by atoms with E-state index in [1.807, 2.05) is 48.5 Å². The second kappa shape index (κ2) is 21.6. The van der Waals surface area contributed by atoms with Crippen LogP contribution in [0, 0.1) is 0 Å². The van der Waals surface area contributed by atoms with E-state index in [0.717, 1.165) is 70.6 Å². The van der Waals surface area contributed by atoms with Gasteiger partial charge in [0.2, 0.25) is 0 Å². The van der Waals surface area contributed by atoms with Crippen LogP contribution in [-0.4, -0.2) is 23.4 Å². The lowest BCUT2D eigenvalue weighted by molar-refractivity contribution is 0.125. The van der Waals surface area contributed by atoms with Gasteiger partial charge in [-0.25, -0.2) is 0 Å². The van der Waals surface area contributed by atoms with Gasteiger partial charge in [-0.2, -0.15) is 0 Å². The molecule has 0 aliphatic heterocycles. The molecular weight excluding hydrogens is 833 g/mol. The summed E-state index contributed by atoms with van der Waals surface area (Å²) in [7, 11) is 0. The molecule has 6 aromatic rings. The Labute approximate surface area is 411 Å². The second-order valence-corrected chi connectivity index (χ2v) is 23.3. The molecule has 68 heavy (non-hydrogen) atoms. The van der Waals surface area contributed by atoms with Crippen LogP contribution in [0.3, 0.4) is 0 Å². The Balaban J connectivity index is 0.928. The Hall–Kier alpha value is -5.16. The first kappa shape index (κ1) is 52.2. The van der Waals surface area contributed by atoms with Crippen molar-refractivity contribution in [2.45, 2.75) is 167 Å². The number of ether oxygens (including phenoxy) is 2. The molecule has 0 bridgehead atoms. The molecule has 362 valence electrons. The third kappa shape index (κ3) is 12.9. The number of hydrogen-bond donors (Lipinski definition) is 2. The zero-order chi connectivity index (χ0) is 49.4. The average molecular weight is 915 g/mol. The molecular formula is C64H82O4. The fourth-order valence-corrected chi connectivity index (χ4v) is 9.08. The fraction of sp³-hybridized carbons (Fsp3) is 0.438. The molecule has 0 aliphatic carbocycles. The highest BCUT2D eigenvalue weighted by atomic mass is 16.5. The minimum Gasteiger partial charge on any atom is -0.494 e. The normalized spacial score (nSPS) is 12.9. The molecule has 4 heteroatoms. The van der Waals surface area contributed by atoms with E-state index in [1.54, 1.807) is 0 Å². The summed E-state index contributed by atoms with van der Waals surface area (Å²) in [4.78, 5) is 0. The van der Waals surface area contributed by atoms with Crippen LogP contribution in [0.5, 0.6) is 11.5 Å². The molecule has 2 N–H and O–H groups in total. The van der Waals surface area contributed by atoms with Crippen LogP contribution in [-0.2, 0) is 32.9 Å². The zero-order valence-corrected chi connectivity index (χ0v) is 43.6. The average Bonchev–Trinajstić information content (AvgIpc) is 3.31. The molecule has 6 rings (SSSR count). The van der Waals surface area contributed by atoms with Gasteiger partial charge < -0.3 is 19.7 Å². The monoisotopic (exact) mass is 915 g/mol. The molecule has 6 aromatic carbocycles. The van der Waals surface area contributed by atoms with Gasteiger partial charge in [0.05, 0.1) is 13.2 Å². The Bertz CT molecular complexity index is 2160. The molecule has 0 unspecified atom stereocenters. The molecule has 0 radical (unpaired) electrons. The van der Waals surface area contributed by atoms with Gasteiger partial charge in [-0.15, -0.1) is 0 Å². The minimum atomic E-state index is -1.30. The molecule has 0 saturated carbocycles. The Morgan fingerprint density at radius 2 is 0.412 bits per heavy atom. The van der Waals surface area contributed by atoms with Crippen LogP contribution in [0.4, 0.5) is 0 Å². The zero-order valence-electron chi connectivity index (χ0n) is 43.6. The van der Waals surface area contributed by atoms with Crippen molar-refractivity contribution in [3.8, 4) is 11.5 Å². The number of hydrogen-bond acceptors (Lipinski definition) is 4. The summed E-state index contributed by atoms with van der Waals surface area (Å²) in [6.45, 7) is 27.9. The topological polar surface area (TPSA) is 58.9 Å². The van der Waals surface area contributed by atoms with Crippen LogP contribution in [0.15, 0.2) is 146 Å². The predicted molar refractivity (Wildman–Crippen MR) is 286 cm³/mol. The van der Waals surface area contributed by atoms with Gasteiger partial charge in [0.1, 0.15) is 22.7 Å². The van der Waals surface area contributed by atoms with Gasteiger partial charge >= 0.3 is 0 Å². The molecule has 0 heterocycles. The van der Waals surface area contributed by atoms with Gasteiger partial charge in [-0.05, 0) is 114 Å². The van der Waals surface area contributed by atoms with E-state index in [1.165, 1.54) is 47.9 Å². The van der Waals surface area contributed by atoms with Crippen molar-refractivity contribution in [3.63, 3.8) is 0 Å². The molecule has 0 spiro atoms. The lowest BCUT2D eigenvalue weighted by atomic mass is 9.77. The number of rotatable bonds is 19. The van der Waals surface area contributed by atoms with Crippen LogP contribution in [0.1, 0.15) is 190 Å². The van der Waals surface area contributed by atoms with E-state index in [-0.39, 0.29) is 21.7 Å². The van der Waals surface area contributed by atoms with Crippen LogP contribution in [0.2, 0.25) is 0 Å². The van der Waals surface area contributed by atoms with E-state index in [4.69, 9.17) is 9.47 Å². The maximum Gasteiger partial charge on any atom is 0.140 e.